The first-order chi connectivity index (χ1) is 13.2. The summed E-state index contributed by atoms with van der Waals surface area (Å²) < 4.78 is 0. The van der Waals surface area contributed by atoms with Gasteiger partial charge in [0.15, 0.2) is 5.82 Å². The summed E-state index contributed by atoms with van der Waals surface area (Å²) in [6, 6.07) is 17.0. The van der Waals surface area contributed by atoms with Gasteiger partial charge in [-0.3, -0.25) is 4.79 Å². The molecule has 27 heavy (non-hydrogen) atoms. The van der Waals surface area contributed by atoms with Gasteiger partial charge in [-0.2, -0.15) is 0 Å². The van der Waals surface area contributed by atoms with E-state index in [2.05, 4.69) is 27.4 Å². The molecular formula is C22H23N3O2. The minimum Gasteiger partial charge on any atom is -0.508 e. The first-order valence-electron chi connectivity index (χ1n) is 9.15. The van der Waals surface area contributed by atoms with E-state index in [1.807, 2.05) is 25.1 Å². The second kappa shape index (κ2) is 8.94. The molecule has 1 heterocycles. The van der Waals surface area contributed by atoms with E-state index >= 15 is 0 Å². The lowest BCUT2D eigenvalue weighted by Gasteiger charge is -2.10. The van der Waals surface area contributed by atoms with Crippen molar-refractivity contribution in [1.29, 1.82) is 0 Å². The Balaban J connectivity index is 1.62. The van der Waals surface area contributed by atoms with Crippen LogP contribution in [0.1, 0.15) is 31.0 Å². The van der Waals surface area contributed by atoms with Crippen LogP contribution in [-0.4, -0.2) is 21.0 Å². The van der Waals surface area contributed by atoms with Gasteiger partial charge in [-0.15, -0.1) is 0 Å². The van der Waals surface area contributed by atoms with Crippen molar-refractivity contribution in [3.63, 3.8) is 0 Å². The highest BCUT2D eigenvalue weighted by Crippen LogP contribution is 2.22. The first kappa shape index (κ1) is 18.6. The summed E-state index contributed by atoms with van der Waals surface area (Å²) in [5, 5.41) is 12.3. The summed E-state index contributed by atoms with van der Waals surface area (Å²) in [5.74, 6) is 0.680. The van der Waals surface area contributed by atoms with Gasteiger partial charge in [-0.05, 0) is 49.1 Å². The van der Waals surface area contributed by atoms with E-state index in [-0.39, 0.29) is 11.7 Å². The number of amides is 1. The highest BCUT2D eigenvalue weighted by atomic mass is 16.3. The molecule has 0 fully saturated rings. The topological polar surface area (TPSA) is 75.1 Å². The second-order valence-electron chi connectivity index (χ2n) is 6.34. The molecule has 0 unspecified atom stereocenters. The third-order valence-electron chi connectivity index (χ3n) is 4.31. The number of carbonyl (C=O) groups excluding carboxylic acids is 1. The average molecular weight is 361 g/mol. The Morgan fingerprint density at radius 2 is 1.81 bits per heavy atom. The molecule has 0 aliphatic carbocycles. The van der Waals surface area contributed by atoms with E-state index in [1.165, 1.54) is 5.56 Å². The van der Waals surface area contributed by atoms with Crippen LogP contribution in [-0.2, 0) is 17.6 Å². The van der Waals surface area contributed by atoms with Gasteiger partial charge in [0.25, 0.3) is 0 Å². The van der Waals surface area contributed by atoms with Crippen LogP contribution < -0.4 is 5.32 Å². The van der Waals surface area contributed by atoms with Gasteiger partial charge in [-0.1, -0.05) is 37.3 Å². The monoisotopic (exact) mass is 361 g/mol. The van der Waals surface area contributed by atoms with Gasteiger partial charge in [0.2, 0.25) is 5.91 Å². The van der Waals surface area contributed by atoms with Gasteiger partial charge >= 0.3 is 0 Å². The lowest BCUT2D eigenvalue weighted by atomic mass is 10.1. The normalized spacial score (nSPS) is 10.6. The zero-order chi connectivity index (χ0) is 19.1. The summed E-state index contributed by atoms with van der Waals surface area (Å²) >= 11 is 0. The van der Waals surface area contributed by atoms with E-state index in [0.29, 0.717) is 24.4 Å². The molecule has 0 radical (unpaired) electrons. The number of phenolic OH excluding ortho intramolecular Hbond substituents is 1. The zero-order valence-electron chi connectivity index (χ0n) is 15.4. The van der Waals surface area contributed by atoms with Crippen molar-refractivity contribution in [2.24, 2.45) is 0 Å². The fourth-order valence-corrected chi connectivity index (χ4v) is 2.84. The number of benzene rings is 2. The number of rotatable bonds is 7. The number of aromatic nitrogens is 2. The van der Waals surface area contributed by atoms with Crippen molar-refractivity contribution >= 4 is 11.7 Å². The maximum absolute atomic E-state index is 12.3. The molecule has 3 rings (SSSR count). The smallest absolute Gasteiger partial charge is 0.225 e. The van der Waals surface area contributed by atoms with Crippen molar-refractivity contribution in [2.75, 3.05) is 5.32 Å². The van der Waals surface area contributed by atoms with E-state index in [9.17, 15) is 9.90 Å². The van der Waals surface area contributed by atoms with Crippen molar-refractivity contribution in [3.8, 4) is 17.0 Å². The number of aromatic hydroxyl groups is 1. The third-order valence-corrected chi connectivity index (χ3v) is 4.31. The molecule has 0 bridgehead atoms. The molecular weight excluding hydrogens is 338 g/mol. The molecule has 2 aromatic carbocycles. The molecule has 1 amide bonds. The number of carbonyl (C=O) groups is 1. The fourth-order valence-electron chi connectivity index (χ4n) is 2.84. The zero-order valence-corrected chi connectivity index (χ0v) is 15.4. The maximum atomic E-state index is 12.3. The average Bonchev–Trinajstić information content (AvgIpc) is 2.70. The quantitative estimate of drug-likeness (QED) is 0.655. The van der Waals surface area contributed by atoms with Crippen LogP contribution in [0.4, 0.5) is 5.82 Å². The Labute approximate surface area is 159 Å². The van der Waals surface area contributed by atoms with Crippen LogP contribution in [0.25, 0.3) is 11.3 Å². The SMILES string of the molecule is CCc1nc(-c2ccc(O)cc2)cnc1NC(=O)CCCc1ccccc1. The Morgan fingerprint density at radius 1 is 1.07 bits per heavy atom. The number of anilines is 1. The van der Waals surface area contributed by atoms with Crippen LogP contribution in [0, 0.1) is 0 Å². The molecule has 5 nitrogen and oxygen atoms in total. The van der Waals surface area contributed by atoms with Crippen molar-refractivity contribution in [1.82, 2.24) is 9.97 Å². The Kier molecular flexibility index (Phi) is 6.15. The highest BCUT2D eigenvalue weighted by Gasteiger charge is 2.11. The van der Waals surface area contributed by atoms with Crippen LogP contribution >= 0.6 is 0 Å². The van der Waals surface area contributed by atoms with Crippen molar-refractivity contribution in [3.05, 3.63) is 72.1 Å². The molecule has 3 aromatic rings. The van der Waals surface area contributed by atoms with Gasteiger partial charge in [0, 0.05) is 12.0 Å². The number of nitrogens with one attached hydrogen (secondary N) is 1. The fraction of sp³-hybridized carbons (Fsp3) is 0.227. The number of phenols is 1. The van der Waals surface area contributed by atoms with Crippen LogP contribution in [0.15, 0.2) is 60.8 Å². The van der Waals surface area contributed by atoms with Crippen molar-refractivity contribution in [2.45, 2.75) is 32.6 Å². The summed E-state index contributed by atoms with van der Waals surface area (Å²) in [7, 11) is 0. The minimum absolute atomic E-state index is 0.0488. The van der Waals surface area contributed by atoms with E-state index < -0.39 is 0 Å². The van der Waals surface area contributed by atoms with E-state index in [1.54, 1.807) is 30.5 Å². The molecule has 0 spiro atoms. The van der Waals surface area contributed by atoms with Crippen LogP contribution in [0.2, 0.25) is 0 Å². The summed E-state index contributed by atoms with van der Waals surface area (Å²) in [5.41, 5.74) is 3.57. The van der Waals surface area contributed by atoms with Crippen LogP contribution in [0.5, 0.6) is 5.75 Å². The Hall–Kier alpha value is -3.21. The van der Waals surface area contributed by atoms with Gasteiger partial charge in [-0.25, -0.2) is 9.97 Å². The summed E-state index contributed by atoms with van der Waals surface area (Å²) in [4.78, 5) is 21.3. The second-order valence-corrected chi connectivity index (χ2v) is 6.34. The van der Waals surface area contributed by atoms with Crippen LogP contribution in [0.3, 0.4) is 0 Å². The first-order valence-corrected chi connectivity index (χ1v) is 9.15. The number of hydrogen-bond donors (Lipinski definition) is 2. The molecule has 0 saturated carbocycles. The predicted molar refractivity (Wildman–Crippen MR) is 107 cm³/mol. The molecule has 0 saturated heterocycles. The summed E-state index contributed by atoms with van der Waals surface area (Å²) in [6.45, 7) is 1.98. The van der Waals surface area contributed by atoms with Gasteiger partial charge in [0.05, 0.1) is 17.6 Å². The maximum Gasteiger partial charge on any atom is 0.225 e. The molecule has 1 aromatic heterocycles. The van der Waals surface area contributed by atoms with E-state index in [0.717, 1.165) is 24.1 Å². The third kappa shape index (κ3) is 5.14. The Bertz CT molecular complexity index is 893. The molecule has 2 N–H and O–H groups in total. The minimum atomic E-state index is -0.0488. The lowest BCUT2D eigenvalue weighted by molar-refractivity contribution is -0.116. The lowest BCUT2D eigenvalue weighted by Crippen LogP contribution is -2.15. The summed E-state index contributed by atoms with van der Waals surface area (Å²) in [6.07, 6.45) is 4.42. The number of hydrogen-bond acceptors (Lipinski definition) is 4. The molecule has 0 aliphatic rings. The molecule has 0 aliphatic heterocycles. The predicted octanol–water partition coefficient (Wildman–Crippen LogP) is 4.37. The molecule has 5 heteroatoms. The van der Waals surface area contributed by atoms with Gasteiger partial charge in [0.1, 0.15) is 5.75 Å². The number of nitrogens with zero attached hydrogens (tertiary/aromatic N) is 2. The van der Waals surface area contributed by atoms with Gasteiger partial charge < -0.3 is 10.4 Å². The highest BCUT2D eigenvalue weighted by molar-refractivity contribution is 5.90. The standard InChI is InChI=1S/C22H23N3O2/c1-2-19-22(23-15-20(24-19)17-11-13-18(26)14-12-17)25-21(27)10-6-9-16-7-4-3-5-8-16/h3-5,7-8,11-15,26H,2,6,9-10H2,1H3,(H,23,25,27). The number of aryl methyl sites for hydroxylation is 2. The molecule has 0 atom stereocenters. The van der Waals surface area contributed by atoms with E-state index in [4.69, 9.17) is 0 Å². The Morgan fingerprint density at radius 3 is 2.52 bits per heavy atom. The molecule has 138 valence electrons. The van der Waals surface area contributed by atoms with Crippen molar-refractivity contribution < 1.29 is 9.90 Å². The largest absolute Gasteiger partial charge is 0.508 e.